The molecular formula is C17H21BrN2O2S. The van der Waals surface area contributed by atoms with Gasteiger partial charge in [-0.05, 0) is 35.9 Å². The lowest BCUT2D eigenvalue weighted by atomic mass is 10.2. The molecule has 0 amide bonds. The standard InChI is InChI=1S/C17H21BrN2O2S/c1-4-20(13-14-8-10-16(11-9-14)19(2)3)23(21,22)17-7-5-6-15(18)12-17/h5-12H,4,13H2,1-3H3. The maximum atomic E-state index is 12.8. The number of sulfonamides is 1. The van der Waals surface area contributed by atoms with Gasteiger partial charge in [0.25, 0.3) is 0 Å². The van der Waals surface area contributed by atoms with Gasteiger partial charge in [0.1, 0.15) is 0 Å². The highest BCUT2D eigenvalue weighted by molar-refractivity contribution is 9.10. The molecule has 4 nitrogen and oxygen atoms in total. The average molecular weight is 397 g/mol. The number of anilines is 1. The largest absolute Gasteiger partial charge is 0.378 e. The van der Waals surface area contributed by atoms with Gasteiger partial charge in [0, 0.05) is 37.3 Å². The maximum Gasteiger partial charge on any atom is 0.243 e. The Bertz CT molecular complexity index is 758. The van der Waals surface area contributed by atoms with Crippen molar-refractivity contribution in [1.82, 2.24) is 4.31 Å². The Hall–Kier alpha value is -1.37. The van der Waals surface area contributed by atoms with Crippen LogP contribution < -0.4 is 4.90 Å². The summed E-state index contributed by atoms with van der Waals surface area (Å²) < 4.78 is 27.8. The summed E-state index contributed by atoms with van der Waals surface area (Å²) in [6.45, 7) is 2.63. The third-order valence-electron chi connectivity index (χ3n) is 3.60. The number of hydrogen-bond donors (Lipinski definition) is 0. The van der Waals surface area contributed by atoms with E-state index in [9.17, 15) is 8.42 Å². The average Bonchev–Trinajstić information content (AvgIpc) is 2.52. The van der Waals surface area contributed by atoms with E-state index < -0.39 is 10.0 Å². The first-order chi connectivity index (χ1) is 10.8. The molecule has 2 rings (SSSR count). The summed E-state index contributed by atoms with van der Waals surface area (Å²) in [5, 5.41) is 0. The predicted molar refractivity (Wildman–Crippen MR) is 98.2 cm³/mol. The highest BCUT2D eigenvalue weighted by atomic mass is 79.9. The van der Waals surface area contributed by atoms with Crippen LogP contribution in [0.2, 0.25) is 0 Å². The zero-order valence-corrected chi connectivity index (χ0v) is 15.9. The molecule has 0 aliphatic carbocycles. The fourth-order valence-corrected chi connectivity index (χ4v) is 4.28. The first-order valence-electron chi connectivity index (χ1n) is 7.36. The monoisotopic (exact) mass is 396 g/mol. The lowest BCUT2D eigenvalue weighted by molar-refractivity contribution is 0.423. The molecule has 23 heavy (non-hydrogen) atoms. The molecule has 0 aliphatic rings. The van der Waals surface area contributed by atoms with Crippen molar-refractivity contribution >= 4 is 31.6 Å². The zero-order chi connectivity index (χ0) is 17.0. The molecular weight excluding hydrogens is 376 g/mol. The quantitative estimate of drug-likeness (QED) is 0.746. The summed E-state index contributed by atoms with van der Waals surface area (Å²) in [5.74, 6) is 0. The summed E-state index contributed by atoms with van der Waals surface area (Å²) in [4.78, 5) is 2.32. The van der Waals surface area contributed by atoms with Gasteiger partial charge in [-0.3, -0.25) is 0 Å². The zero-order valence-electron chi connectivity index (χ0n) is 13.5. The molecule has 0 spiro atoms. The third-order valence-corrected chi connectivity index (χ3v) is 6.01. The van der Waals surface area contributed by atoms with E-state index in [0.29, 0.717) is 18.0 Å². The summed E-state index contributed by atoms with van der Waals surface area (Å²) in [6, 6.07) is 14.7. The van der Waals surface area contributed by atoms with Gasteiger partial charge in [0.2, 0.25) is 10.0 Å². The Morgan fingerprint density at radius 3 is 2.22 bits per heavy atom. The molecule has 0 N–H and O–H groups in total. The predicted octanol–water partition coefficient (Wildman–Crippen LogP) is 3.73. The Morgan fingerprint density at radius 2 is 1.70 bits per heavy atom. The Labute approximate surface area is 146 Å². The van der Waals surface area contributed by atoms with Crippen LogP contribution in [0, 0.1) is 0 Å². The molecule has 124 valence electrons. The van der Waals surface area contributed by atoms with Crippen LogP contribution in [0.5, 0.6) is 0 Å². The van der Waals surface area contributed by atoms with E-state index in [1.807, 2.05) is 56.3 Å². The van der Waals surface area contributed by atoms with E-state index in [2.05, 4.69) is 15.9 Å². The van der Waals surface area contributed by atoms with Crippen LogP contribution in [0.25, 0.3) is 0 Å². The van der Waals surface area contributed by atoms with Crippen LogP contribution >= 0.6 is 15.9 Å². The maximum absolute atomic E-state index is 12.8. The van der Waals surface area contributed by atoms with E-state index in [0.717, 1.165) is 15.7 Å². The second-order valence-corrected chi connectivity index (χ2v) is 8.30. The van der Waals surface area contributed by atoms with Crippen LogP contribution in [0.15, 0.2) is 57.9 Å². The summed E-state index contributed by atoms with van der Waals surface area (Å²) in [5.41, 5.74) is 2.06. The van der Waals surface area contributed by atoms with E-state index >= 15 is 0 Å². The fraction of sp³-hybridized carbons (Fsp3) is 0.294. The van der Waals surface area contributed by atoms with E-state index in [-0.39, 0.29) is 0 Å². The number of halogens is 1. The minimum atomic E-state index is -3.51. The van der Waals surface area contributed by atoms with Crippen LogP contribution in [0.3, 0.4) is 0 Å². The smallest absolute Gasteiger partial charge is 0.243 e. The molecule has 0 atom stereocenters. The molecule has 0 aliphatic heterocycles. The lowest BCUT2D eigenvalue weighted by Crippen LogP contribution is -2.30. The van der Waals surface area contributed by atoms with Crippen molar-refractivity contribution in [2.75, 3.05) is 25.5 Å². The molecule has 0 aromatic heterocycles. The molecule has 2 aromatic rings. The number of hydrogen-bond acceptors (Lipinski definition) is 3. The molecule has 0 bridgehead atoms. The Balaban J connectivity index is 2.25. The molecule has 0 saturated heterocycles. The van der Waals surface area contributed by atoms with Crippen LogP contribution in [0.1, 0.15) is 12.5 Å². The third kappa shape index (κ3) is 4.34. The summed E-state index contributed by atoms with van der Waals surface area (Å²) >= 11 is 3.33. The molecule has 0 saturated carbocycles. The van der Waals surface area contributed by atoms with Crippen LogP contribution in [-0.2, 0) is 16.6 Å². The minimum Gasteiger partial charge on any atom is -0.378 e. The van der Waals surface area contributed by atoms with Gasteiger partial charge < -0.3 is 4.90 Å². The van der Waals surface area contributed by atoms with Gasteiger partial charge in [0.15, 0.2) is 0 Å². The van der Waals surface area contributed by atoms with Crippen molar-refractivity contribution in [3.63, 3.8) is 0 Å². The number of nitrogens with zero attached hydrogens (tertiary/aromatic N) is 2. The first kappa shape index (κ1) is 18.0. The first-order valence-corrected chi connectivity index (χ1v) is 9.60. The topological polar surface area (TPSA) is 40.6 Å². The minimum absolute atomic E-state index is 0.304. The van der Waals surface area contributed by atoms with E-state index in [1.54, 1.807) is 18.2 Å². The molecule has 0 radical (unpaired) electrons. The lowest BCUT2D eigenvalue weighted by Gasteiger charge is -2.21. The SMILES string of the molecule is CCN(Cc1ccc(N(C)C)cc1)S(=O)(=O)c1cccc(Br)c1. The Kier molecular flexibility index (Phi) is 5.84. The van der Waals surface area contributed by atoms with Gasteiger partial charge in [0.05, 0.1) is 4.90 Å². The molecule has 0 fully saturated rings. The van der Waals surface area contributed by atoms with Crippen molar-refractivity contribution in [3.8, 4) is 0 Å². The number of benzene rings is 2. The number of rotatable bonds is 6. The summed E-state index contributed by atoms with van der Waals surface area (Å²) in [6.07, 6.45) is 0. The van der Waals surface area contributed by atoms with Crippen LogP contribution in [0.4, 0.5) is 5.69 Å². The van der Waals surface area contributed by atoms with Crippen molar-refractivity contribution in [1.29, 1.82) is 0 Å². The van der Waals surface area contributed by atoms with Gasteiger partial charge in [-0.2, -0.15) is 4.31 Å². The second-order valence-electron chi connectivity index (χ2n) is 5.45. The highest BCUT2D eigenvalue weighted by Gasteiger charge is 2.23. The molecule has 0 heterocycles. The van der Waals surface area contributed by atoms with Crippen molar-refractivity contribution in [3.05, 3.63) is 58.6 Å². The summed E-state index contributed by atoms with van der Waals surface area (Å²) in [7, 11) is 0.449. The van der Waals surface area contributed by atoms with Crippen molar-refractivity contribution in [2.45, 2.75) is 18.4 Å². The highest BCUT2D eigenvalue weighted by Crippen LogP contribution is 2.22. The van der Waals surface area contributed by atoms with Gasteiger partial charge in [-0.15, -0.1) is 0 Å². The van der Waals surface area contributed by atoms with E-state index in [4.69, 9.17) is 0 Å². The van der Waals surface area contributed by atoms with Crippen LogP contribution in [-0.4, -0.2) is 33.4 Å². The Morgan fingerprint density at radius 1 is 1.04 bits per heavy atom. The molecule has 6 heteroatoms. The second kappa shape index (κ2) is 7.47. The van der Waals surface area contributed by atoms with Crippen molar-refractivity contribution in [2.24, 2.45) is 0 Å². The molecule has 0 unspecified atom stereocenters. The van der Waals surface area contributed by atoms with Gasteiger partial charge >= 0.3 is 0 Å². The normalized spacial score (nSPS) is 11.7. The van der Waals surface area contributed by atoms with Crippen molar-refractivity contribution < 1.29 is 8.42 Å². The van der Waals surface area contributed by atoms with Gasteiger partial charge in [-0.1, -0.05) is 41.1 Å². The molecule has 2 aromatic carbocycles. The van der Waals surface area contributed by atoms with Gasteiger partial charge in [-0.25, -0.2) is 8.42 Å². The fourth-order valence-electron chi connectivity index (χ4n) is 2.25. The van der Waals surface area contributed by atoms with E-state index in [1.165, 1.54) is 4.31 Å².